The van der Waals surface area contributed by atoms with Crippen LogP contribution in [0, 0.1) is 27.7 Å². The summed E-state index contributed by atoms with van der Waals surface area (Å²) < 4.78 is 0. The van der Waals surface area contributed by atoms with Gasteiger partial charge in [-0.3, -0.25) is 0 Å². The van der Waals surface area contributed by atoms with E-state index in [0.717, 1.165) is 0 Å². The Balaban J connectivity index is 1.92. The van der Waals surface area contributed by atoms with Crippen molar-refractivity contribution in [3.05, 3.63) is 80.2 Å². The van der Waals surface area contributed by atoms with Crippen molar-refractivity contribution in [3.63, 3.8) is 0 Å². The minimum Gasteiger partial charge on any atom is -0.0616 e. The lowest BCUT2D eigenvalue weighted by Gasteiger charge is -2.16. The van der Waals surface area contributed by atoms with Crippen LogP contribution >= 0.6 is 0 Å². The van der Waals surface area contributed by atoms with E-state index in [4.69, 9.17) is 0 Å². The first-order chi connectivity index (χ1) is 11.6. The number of benzene rings is 3. The van der Waals surface area contributed by atoms with Gasteiger partial charge >= 0.3 is 0 Å². The van der Waals surface area contributed by atoms with Crippen molar-refractivity contribution in [1.82, 2.24) is 0 Å². The van der Waals surface area contributed by atoms with Crippen LogP contribution in [0.15, 0.2) is 36.4 Å². The van der Waals surface area contributed by atoms with Crippen LogP contribution in [0.25, 0.3) is 34.4 Å². The Kier molecular flexibility index (Phi) is 2.58. The summed E-state index contributed by atoms with van der Waals surface area (Å²) >= 11 is 0. The van der Waals surface area contributed by atoms with Crippen molar-refractivity contribution in [2.24, 2.45) is 0 Å². The minimum absolute atomic E-state index is 1.34. The zero-order chi connectivity index (χ0) is 16.6. The molecule has 0 amide bonds. The van der Waals surface area contributed by atoms with E-state index in [9.17, 15) is 0 Å². The molecule has 0 heterocycles. The Hall–Kier alpha value is -2.60. The molecule has 0 spiro atoms. The molecule has 3 aromatic carbocycles. The van der Waals surface area contributed by atoms with Gasteiger partial charge in [-0.25, -0.2) is 0 Å². The summed E-state index contributed by atoms with van der Waals surface area (Å²) in [7, 11) is 0. The van der Waals surface area contributed by atoms with Gasteiger partial charge in [-0.2, -0.15) is 0 Å². The first kappa shape index (κ1) is 13.8. The molecule has 0 saturated carbocycles. The summed E-state index contributed by atoms with van der Waals surface area (Å²) in [6.07, 6.45) is 4.77. The lowest BCUT2D eigenvalue weighted by molar-refractivity contribution is 1.21. The fraction of sp³-hybridized carbons (Fsp3) is 0.167. The van der Waals surface area contributed by atoms with Crippen molar-refractivity contribution in [2.75, 3.05) is 0 Å². The average Bonchev–Trinajstić information content (AvgIpc) is 3.16. The third-order valence-corrected chi connectivity index (χ3v) is 6.13. The zero-order valence-corrected chi connectivity index (χ0v) is 14.6. The largest absolute Gasteiger partial charge is 0.0616 e. The Bertz CT molecular complexity index is 1170. The molecule has 5 rings (SSSR count). The van der Waals surface area contributed by atoms with E-state index in [-0.39, 0.29) is 0 Å². The maximum atomic E-state index is 2.42. The predicted molar refractivity (Wildman–Crippen MR) is 103 cm³/mol. The van der Waals surface area contributed by atoms with E-state index < -0.39 is 0 Å². The third kappa shape index (κ3) is 1.54. The monoisotopic (exact) mass is 308 g/mol. The van der Waals surface area contributed by atoms with Gasteiger partial charge in [0.15, 0.2) is 0 Å². The normalized spacial score (nSPS) is 12.8. The summed E-state index contributed by atoms with van der Waals surface area (Å²) in [5, 5.41) is 2.79. The maximum absolute atomic E-state index is 2.42. The van der Waals surface area contributed by atoms with Crippen molar-refractivity contribution in [3.8, 4) is 22.3 Å². The van der Waals surface area contributed by atoms with Crippen molar-refractivity contribution in [1.29, 1.82) is 0 Å². The molecule has 0 aliphatic heterocycles. The Morgan fingerprint density at radius 1 is 0.542 bits per heavy atom. The van der Waals surface area contributed by atoms with Crippen LogP contribution < -0.4 is 10.4 Å². The molecular weight excluding hydrogens is 288 g/mol. The van der Waals surface area contributed by atoms with E-state index in [1.807, 2.05) is 0 Å². The molecule has 0 unspecified atom stereocenters. The molecule has 0 heteroatoms. The number of hydrogen-bond donors (Lipinski definition) is 0. The van der Waals surface area contributed by atoms with Crippen LogP contribution in [-0.2, 0) is 0 Å². The van der Waals surface area contributed by atoms with Crippen molar-refractivity contribution < 1.29 is 0 Å². The summed E-state index contributed by atoms with van der Waals surface area (Å²) in [4.78, 5) is 0. The van der Waals surface area contributed by atoms with Crippen LogP contribution in [0.4, 0.5) is 0 Å². The summed E-state index contributed by atoms with van der Waals surface area (Å²) in [5.41, 5.74) is 14.0. The van der Waals surface area contributed by atoms with E-state index in [1.165, 1.54) is 66.1 Å². The second-order valence-electron chi connectivity index (χ2n) is 7.15. The van der Waals surface area contributed by atoms with Gasteiger partial charge in [0.2, 0.25) is 0 Å². The molecule has 2 aliphatic carbocycles. The van der Waals surface area contributed by atoms with E-state index >= 15 is 0 Å². The van der Waals surface area contributed by atoms with Gasteiger partial charge in [-0.05, 0) is 106 Å². The molecule has 0 radical (unpaired) electrons. The second kappa shape index (κ2) is 4.48. The average molecular weight is 308 g/mol. The van der Waals surface area contributed by atoms with Crippen LogP contribution in [0.2, 0.25) is 0 Å². The Morgan fingerprint density at radius 3 is 2.04 bits per heavy atom. The highest BCUT2D eigenvalue weighted by Gasteiger charge is 2.23. The second-order valence-corrected chi connectivity index (χ2v) is 7.15. The Labute approximate surface area is 142 Å². The highest BCUT2D eigenvalue weighted by Crippen LogP contribution is 2.37. The Morgan fingerprint density at radius 2 is 1.21 bits per heavy atom. The molecule has 0 nitrogen and oxygen atoms in total. The molecule has 2 aliphatic rings. The van der Waals surface area contributed by atoms with Crippen LogP contribution in [0.1, 0.15) is 33.4 Å². The molecule has 3 aromatic rings. The van der Waals surface area contributed by atoms with E-state index in [2.05, 4.69) is 76.2 Å². The molecule has 0 N–H and O–H groups in total. The van der Waals surface area contributed by atoms with Gasteiger partial charge in [0.1, 0.15) is 0 Å². The van der Waals surface area contributed by atoms with Gasteiger partial charge in [0, 0.05) is 0 Å². The van der Waals surface area contributed by atoms with Gasteiger partial charge in [0.25, 0.3) is 0 Å². The number of hydrogen-bond acceptors (Lipinski definition) is 0. The van der Waals surface area contributed by atoms with Crippen LogP contribution in [0.5, 0.6) is 0 Å². The molecule has 116 valence electrons. The fourth-order valence-corrected chi connectivity index (χ4v) is 4.44. The lowest BCUT2D eigenvalue weighted by atomic mass is 9.88. The highest BCUT2D eigenvalue weighted by molar-refractivity contribution is 5.92. The molecule has 24 heavy (non-hydrogen) atoms. The highest BCUT2D eigenvalue weighted by atomic mass is 14.3. The number of rotatable bonds is 0. The first-order valence-corrected chi connectivity index (χ1v) is 8.64. The van der Waals surface area contributed by atoms with Gasteiger partial charge in [-0.1, -0.05) is 36.4 Å². The fourth-order valence-electron chi connectivity index (χ4n) is 4.44. The standard InChI is InChI=1S/C24H20/c1-13-14(2)16(4)24-20-10-9-19-18-8-6-5-7-17(18)11-22(19)23(20)12-21(24)15(13)3/h5-12H,1-4H3. The van der Waals surface area contributed by atoms with Crippen LogP contribution in [-0.4, -0.2) is 0 Å². The maximum Gasteiger partial charge on any atom is -0.00702 e. The van der Waals surface area contributed by atoms with Gasteiger partial charge in [-0.15, -0.1) is 0 Å². The van der Waals surface area contributed by atoms with Gasteiger partial charge < -0.3 is 0 Å². The predicted octanol–water partition coefficient (Wildman–Crippen LogP) is 4.54. The van der Waals surface area contributed by atoms with Crippen LogP contribution in [0.3, 0.4) is 0 Å². The molecule has 0 aromatic heterocycles. The molecular formula is C24H20. The van der Waals surface area contributed by atoms with Crippen molar-refractivity contribution in [2.45, 2.75) is 27.7 Å². The van der Waals surface area contributed by atoms with Gasteiger partial charge in [0.05, 0.1) is 0 Å². The first-order valence-electron chi connectivity index (χ1n) is 8.64. The smallest absolute Gasteiger partial charge is 0.00702 e. The summed E-state index contributed by atoms with van der Waals surface area (Å²) in [6, 6.07) is 13.3. The summed E-state index contributed by atoms with van der Waals surface area (Å²) in [6.45, 7) is 9.05. The molecule has 0 atom stereocenters. The molecule has 0 saturated heterocycles. The quantitative estimate of drug-likeness (QED) is 0.394. The third-order valence-electron chi connectivity index (χ3n) is 6.13. The molecule has 0 fully saturated rings. The minimum atomic E-state index is 1.34. The number of fused-ring (bicyclic) bond motifs is 7. The summed E-state index contributed by atoms with van der Waals surface area (Å²) in [5.74, 6) is 0. The SMILES string of the molecule is Cc1c(C)c(C)c2c(c1C)C=c1c-2ccc2c1=Cc1ccccc1-2. The zero-order valence-electron chi connectivity index (χ0n) is 14.6. The lowest BCUT2D eigenvalue weighted by Crippen LogP contribution is -2.25. The van der Waals surface area contributed by atoms with Crippen molar-refractivity contribution >= 4 is 12.2 Å². The molecule has 0 bridgehead atoms. The topological polar surface area (TPSA) is 0 Å². The van der Waals surface area contributed by atoms with E-state index in [0.29, 0.717) is 0 Å². The van der Waals surface area contributed by atoms with E-state index in [1.54, 1.807) is 0 Å².